The Morgan fingerprint density at radius 1 is 1.15 bits per heavy atom. The van der Waals surface area contributed by atoms with Gasteiger partial charge in [0.15, 0.2) is 18.1 Å². The molecular weight excluding hydrogens is 342 g/mol. The second-order valence-corrected chi connectivity index (χ2v) is 5.30. The molecule has 0 unspecified atom stereocenters. The van der Waals surface area contributed by atoms with Crippen LogP contribution in [0, 0.1) is 0 Å². The number of nitrogens with zero attached hydrogens (tertiary/aromatic N) is 1. The Bertz CT molecular complexity index is 635. The normalized spacial score (nSPS) is 9.96. The van der Waals surface area contributed by atoms with Crippen LogP contribution in [0.15, 0.2) is 18.2 Å². The molecule has 3 N–H and O–H groups in total. The molecule has 0 aliphatic carbocycles. The molecule has 26 heavy (non-hydrogen) atoms. The molecule has 9 nitrogen and oxygen atoms in total. The van der Waals surface area contributed by atoms with E-state index in [9.17, 15) is 14.4 Å². The molecule has 3 amide bonds. The minimum Gasteiger partial charge on any atom is -0.493 e. The van der Waals surface area contributed by atoms with Crippen LogP contribution in [-0.4, -0.2) is 56.7 Å². The number of urea groups is 1. The quantitative estimate of drug-likeness (QED) is 0.586. The van der Waals surface area contributed by atoms with Crippen molar-refractivity contribution < 1.29 is 28.6 Å². The summed E-state index contributed by atoms with van der Waals surface area (Å²) < 4.78 is 15.4. The molecule has 1 rings (SSSR count). The first kappa shape index (κ1) is 21.1. The molecule has 1 aromatic rings. The van der Waals surface area contributed by atoms with Gasteiger partial charge in [0, 0.05) is 19.6 Å². The zero-order chi connectivity index (χ0) is 19.5. The molecule has 0 radical (unpaired) electrons. The third kappa shape index (κ3) is 6.88. The number of benzene rings is 1. The van der Waals surface area contributed by atoms with Gasteiger partial charge in [0.05, 0.1) is 20.6 Å². The molecule has 0 aliphatic heterocycles. The van der Waals surface area contributed by atoms with Gasteiger partial charge in [0.25, 0.3) is 5.91 Å². The van der Waals surface area contributed by atoms with Crippen molar-refractivity contribution in [1.82, 2.24) is 10.2 Å². The van der Waals surface area contributed by atoms with Crippen molar-refractivity contribution in [2.75, 3.05) is 33.9 Å². The van der Waals surface area contributed by atoms with E-state index in [1.807, 2.05) is 13.0 Å². The standard InChI is InChI=1S/C17H25N3O6/c1-4-20(10-12-5-6-13(24-2)14(9-12)25-3)15(21)11-26-16(22)7-8-19-17(18)23/h5-6,9H,4,7-8,10-11H2,1-3H3,(H3,18,19,23). The molecule has 144 valence electrons. The fourth-order valence-corrected chi connectivity index (χ4v) is 2.17. The second-order valence-electron chi connectivity index (χ2n) is 5.30. The second kappa shape index (κ2) is 10.8. The maximum atomic E-state index is 12.2. The zero-order valence-electron chi connectivity index (χ0n) is 15.2. The fraction of sp³-hybridized carbons (Fsp3) is 0.471. The number of carbonyl (C=O) groups excluding carboxylic acids is 3. The lowest BCUT2D eigenvalue weighted by Gasteiger charge is -2.21. The van der Waals surface area contributed by atoms with Gasteiger partial charge >= 0.3 is 12.0 Å². The van der Waals surface area contributed by atoms with Crippen molar-refractivity contribution in [2.24, 2.45) is 5.73 Å². The lowest BCUT2D eigenvalue weighted by Crippen LogP contribution is -2.35. The summed E-state index contributed by atoms with van der Waals surface area (Å²) in [6, 6.07) is 4.66. The van der Waals surface area contributed by atoms with Crippen LogP contribution in [0.3, 0.4) is 0 Å². The Hall–Kier alpha value is -2.97. The van der Waals surface area contributed by atoms with Crippen LogP contribution in [0.5, 0.6) is 11.5 Å². The molecule has 0 saturated carbocycles. The number of amides is 3. The van der Waals surface area contributed by atoms with Gasteiger partial charge in [0.2, 0.25) is 0 Å². The highest BCUT2D eigenvalue weighted by atomic mass is 16.5. The van der Waals surface area contributed by atoms with Crippen molar-refractivity contribution in [2.45, 2.75) is 19.9 Å². The van der Waals surface area contributed by atoms with Crippen LogP contribution < -0.4 is 20.5 Å². The van der Waals surface area contributed by atoms with Crippen LogP contribution >= 0.6 is 0 Å². The molecule has 0 bridgehead atoms. The molecule has 0 saturated heterocycles. The van der Waals surface area contributed by atoms with Gasteiger partial charge in [-0.15, -0.1) is 0 Å². The van der Waals surface area contributed by atoms with Crippen LogP contribution in [0.25, 0.3) is 0 Å². The van der Waals surface area contributed by atoms with E-state index in [2.05, 4.69) is 5.32 Å². The number of nitrogens with two attached hydrogens (primary N) is 1. The number of methoxy groups -OCH3 is 2. The molecule has 0 heterocycles. The maximum absolute atomic E-state index is 12.2. The van der Waals surface area contributed by atoms with E-state index in [1.54, 1.807) is 24.1 Å². The number of ether oxygens (including phenoxy) is 3. The highest BCUT2D eigenvalue weighted by Crippen LogP contribution is 2.28. The fourth-order valence-electron chi connectivity index (χ4n) is 2.17. The number of likely N-dealkylation sites (N-methyl/N-ethyl adjacent to an activating group) is 1. The number of hydrogen-bond acceptors (Lipinski definition) is 6. The first-order valence-corrected chi connectivity index (χ1v) is 8.08. The Labute approximate surface area is 152 Å². The van der Waals surface area contributed by atoms with Crippen molar-refractivity contribution in [3.8, 4) is 11.5 Å². The Morgan fingerprint density at radius 3 is 2.42 bits per heavy atom. The van der Waals surface area contributed by atoms with Crippen LogP contribution in [0.2, 0.25) is 0 Å². The van der Waals surface area contributed by atoms with E-state index < -0.39 is 12.0 Å². The van der Waals surface area contributed by atoms with Crippen molar-refractivity contribution in [1.29, 1.82) is 0 Å². The SMILES string of the molecule is CCN(Cc1ccc(OC)c(OC)c1)C(=O)COC(=O)CCNC(N)=O. The summed E-state index contributed by atoms with van der Waals surface area (Å²) in [5.41, 5.74) is 5.75. The molecule has 0 fully saturated rings. The summed E-state index contributed by atoms with van der Waals surface area (Å²) in [5.74, 6) is 0.263. The molecule has 0 aliphatic rings. The molecular formula is C17H25N3O6. The number of rotatable bonds is 10. The van der Waals surface area contributed by atoms with E-state index >= 15 is 0 Å². The number of primary amides is 1. The van der Waals surface area contributed by atoms with E-state index in [1.165, 1.54) is 7.11 Å². The largest absolute Gasteiger partial charge is 0.493 e. The predicted molar refractivity (Wildman–Crippen MR) is 93.8 cm³/mol. The third-order valence-electron chi connectivity index (χ3n) is 3.54. The average Bonchev–Trinajstić information content (AvgIpc) is 2.63. The van der Waals surface area contributed by atoms with E-state index in [0.717, 1.165) is 5.56 Å². The summed E-state index contributed by atoms with van der Waals surface area (Å²) in [4.78, 5) is 35.9. The van der Waals surface area contributed by atoms with Gasteiger partial charge < -0.3 is 30.2 Å². The average molecular weight is 367 g/mol. The van der Waals surface area contributed by atoms with E-state index in [-0.39, 0.29) is 25.5 Å². The minimum absolute atomic E-state index is 0.0575. The van der Waals surface area contributed by atoms with Crippen LogP contribution in [0.4, 0.5) is 4.79 Å². The summed E-state index contributed by atoms with van der Waals surface area (Å²) in [5, 5.41) is 2.27. The van der Waals surface area contributed by atoms with Crippen LogP contribution in [-0.2, 0) is 20.9 Å². The maximum Gasteiger partial charge on any atom is 0.312 e. The van der Waals surface area contributed by atoms with E-state index in [4.69, 9.17) is 19.9 Å². The van der Waals surface area contributed by atoms with Crippen LogP contribution in [0.1, 0.15) is 18.9 Å². The van der Waals surface area contributed by atoms with Gasteiger partial charge in [-0.3, -0.25) is 9.59 Å². The van der Waals surface area contributed by atoms with Gasteiger partial charge in [-0.1, -0.05) is 6.07 Å². The number of hydrogen-bond donors (Lipinski definition) is 2. The molecule has 9 heteroatoms. The monoisotopic (exact) mass is 367 g/mol. The Morgan fingerprint density at radius 2 is 1.85 bits per heavy atom. The Kier molecular flexibility index (Phi) is 8.76. The molecule has 1 aromatic carbocycles. The summed E-state index contributed by atoms with van der Waals surface area (Å²) in [7, 11) is 3.09. The summed E-state index contributed by atoms with van der Waals surface area (Å²) in [6.07, 6.45) is -0.0575. The number of nitrogens with one attached hydrogen (secondary N) is 1. The van der Waals surface area contributed by atoms with Gasteiger partial charge in [-0.2, -0.15) is 0 Å². The lowest BCUT2D eigenvalue weighted by molar-refractivity contribution is -0.152. The van der Waals surface area contributed by atoms with Crippen molar-refractivity contribution in [3.05, 3.63) is 23.8 Å². The van der Waals surface area contributed by atoms with Crippen molar-refractivity contribution in [3.63, 3.8) is 0 Å². The van der Waals surface area contributed by atoms with Gasteiger partial charge in [-0.25, -0.2) is 4.79 Å². The van der Waals surface area contributed by atoms with Gasteiger partial charge in [-0.05, 0) is 24.6 Å². The first-order valence-electron chi connectivity index (χ1n) is 8.08. The Balaban J connectivity index is 2.56. The topological polar surface area (TPSA) is 120 Å². The predicted octanol–water partition coefficient (Wildman–Crippen LogP) is 0.654. The molecule has 0 spiro atoms. The lowest BCUT2D eigenvalue weighted by atomic mass is 10.2. The highest BCUT2D eigenvalue weighted by Gasteiger charge is 2.16. The molecule has 0 atom stereocenters. The third-order valence-corrected chi connectivity index (χ3v) is 3.54. The zero-order valence-corrected chi connectivity index (χ0v) is 15.2. The van der Waals surface area contributed by atoms with Gasteiger partial charge in [0.1, 0.15) is 0 Å². The number of esters is 1. The highest BCUT2D eigenvalue weighted by molar-refractivity contribution is 5.81. The minimum atomic E-state index is -0.721. The number of carbonyl (C=O) groups is 3. The van der Waals surface area contributed by atoms with Crippen molar-refractivity contribution >= 4 is 17.9 Å². The van der Waals surface area contributed by atoms with E-state index in [0.29, 0.717) is 24.6 Å². The summed E-state index contributed by atoms with van der Waals surface area (Å²) >= 11 is 0. The smallest absolute Gasteiger partial charge is 0.312 e. The first-order chi connectivity index (χ1) is 12.4. The molecule has 0 aromatic heterocycles. The summed E-state index contributed by atoms with van der Waals surface area (Å²) in [6.45, 7) is 2.32.